The van der Waals surface area contributed by atoms with E-state index in [0.717, 1.165) is 23.4 Å². The lowest BCUT2D eigenvalue weighted by Crippen LogP contribution is -2.47. The van der Waals surface area contributed by atoms with Gasteiger partial charge in [-0.15, -0.1) is 0 Å². The van der Waals surface area contributed by atoms with Gasteiger partial charge in [-0.2, -0.15) is 0 Å². The van der Waals surface area contributed by atoms with Gasteiger partial charge in [0, 0.05) is 23.6 Å². The molecule has 0 spiro atoms. The van der Waals surface area contributed by atoms with Gasteiger partial charge in [0.1, 0.15) is 0 Å². The molecule has 3 N–H and O–H groups in total. The maximum absolute atomic E-state index is 13.0. The van der Waals surface area contributed by atoms with Crippen LogP contribution in [0.3, 0.4) is 0 Å². The molecule has 1 unspecified atom stereocenters. The Bertz CT molecular complexity index is 1090. The summed E-state index contributed by atoms with van der Waals surface area (Å²) < 4.78 is 5.57. The van der Waals surface area contributed by atoms with Gasteiger partial charge in [-0.05, 0) is 73.8 Å². The first-order valence-electron chi connectivity index (χ1n) is 12.0. The second kappa shape index (κ2) is 11.8. The van der Waals surface area contributed by atoms with Gasteiger partial charge in [-0.3, -0.25) is 0 Å². The number of amides is 2. The van der Waals surface area contributed by atoms with E-state index in [-0.39, 0.29) is 17.9 Å². The first kappa shape index (κ1) is 26.2. The van der Waals surface area contributed by atoms with Crippen molar-refractivity contribution in [1.29, 1.82) is 0 Å². The first-order chi connectivity index (χ1) is 16.7. The van der Waals surface area contributed by atoms with E-state index >= 15 is 0 Å². The maximum Gasteiger partial charge on any atom is 0.338 e. The van der Waals surface area contributed by atoms with E-state index in [9.17, 15) is 9.59 Å². The van der Waals surface area contributed by atoms with Crippen molar-refractivity contribution in [2.75, 3.05) is 23.8 Å². The average molecular weight is 495 g/mol. The van der Waals surface area contributed by atoms with Crippen LogP contribution in [0.15, 0.2) is 59.8 Å². The molecule has 35 heavy (non-hydrogen) atoms. The number of benzene rings is 2. The summed E-state index contributed by atoms with van der Waals surface area (Å²) >= 11 is 5.55. The number of thiocarbonyl (C=S) groups is 1. The molecular formula is C27H34N4O3S. The number of aryl methyl sites for hydroxylation is 1. The third-order valence-electron chi connectivity index (χ3n) is 5.80. The van der Waals surface area contributed by atoms with Crippen molar-refractivity contribution in [3.05, 3.63) is 70.9 Å². The van der Waals surface area contributed by atoms with Crippen LogP contribution in [0.4, 0.5) is 16.2 Å². The highest BCUT2D eigenvalue weighted by molar-refractivity contribution is 7.80. The lowest BCUT2D eigenvalue weighted by Gasteiger charge is -2.37. The van der Waals surface area contributed by atoms with Crippen LogP contribution in [0.5, 0.6) is 0 Å². The summed E-state index contributed by atoms with van der Waals surface area (Å²) in [5, 5.41) is 9.52. The second-order valence-electron chi connectivity index (χ2n) is 8.87. The zero-order valence-corrected chi connectivity index (χ0v) is 21.8. The summed E-state index contributed by atoms with van der Waals surface area (Å²) in [6.07, 6.45) is 0.946. The van der Waals surface area contributed by atoms with Crippen molar-refractivity contribution in [1.82, 2.24) is 10.2 Å². The Balaban J connectivity index is 1.76. The van der Waals surface area contributed by atoms with Crippen LogP contribution in [-0.2, 0) is 16.0 Å². The number of anilines is 2. The Morgan fingerprint density at radius 3 is 2.11 bits per heavy atom. The highest BCUT2D eigenvalue weighted by Crippen LogP contribution is 2.32. The standard InChI is InChI=1S/C27H34N4O3S/c1-6-19-8-12-21(13-9-19)28-26(33)29-22-14-10-20(11-15-22)24-23(25(32)34-16-17(3)4)18(5)31(7-2)27(35)30-24/h8-15,17,24H,6-7,16H2,1-5H3,(H,30,35)(H2,28,29,33). The lowest BCUT2D eigenvalue weighted by atomic mass is 9.95. The number of ether oxygens (including phenoxy) is 1. The molecule has 0 saturated carbocycles. The molecule has 0 aliphatic carbocycles. The fourth-order valence-corrected chi connectivity index (χ4v) is 4.26. The molecule has 1 aliphatic heterocycles. The summed E-state index contributed by atoms with van der Waals surface area (Å²) in [5.41, 5.74) is 4.73. The molecule has 1 aliphatic rings. The molecule has 2 aromatic carbocycles. The summed E-state index contributed by atoms with van der Waals surface area (Å²) in [4.78, 5) is 27.4. The molecule has 7 nitrogen and oxygen atoms in total. The largest absolute Gasteiger partial charge is 0.462 e. The summed E-state index contributed by atoms with van der Waals surface area (Å²) in [7, 11) is 0. The normalized spacial score (nSPS) is 15.7. The van der Waals surface area contributed by atoms with Crippen molar-refractivity contribution in [3.63, 3.8) is 0 Å². The van der Waals surface area contributed by atoms with E-state index in [1.54, 1.807) is 12.1 Å². The molecule has 0 radical (unpaired) electrons. The van der Waals surface area contributed by atoms with Gasteiger partial charge in [0.15, 0.2) is 5.11 Å². The quantitative estimate of drug-likeness (QED) is 0.327. The van der Waals surface area contributed by atoms with E-state index in [2.05, 4.69) is 22.9 Å². The van der Waals surface area contributed by atoms with E-state index in [1.165, 1.54) is 5.56 Å². The van der Waals surface area contributed by atoms with Crippen LogP contribution < -0.4 is 16.0 Å². The number of rotatable bonds is 8. The predicted molar refractivity (Wildman–Crippen MR) is 144 cm³/mol. The number of esters is 1. The number of urea groups is 1. The average Bonchev–Trinajstić information content (AvgIpc) is 2.83. The second-order valence-corrected chi connectivity index (χ2v) is 9.26. The fourth-order valence-electron chi connectivity index (χ4n) is 3.87. The Hall–Kier alpha value is -3.39. The van der Waals surface area contributed by atoms with Crippen LogP contribution in [0, 0.1) is 5.92 Å². The summed E-state index contributed by atoms with van der Waals surface area (Å²) in [5.74, 6) is -0.121. The topological polar surface area (TPSA) is 82.7 Å². The van der Waals surface area contributed by atoms with Crippen LogP contribution >= 0.6 is 12.2 Å². The monoisotopic (exact) mass is 494 g/mol. The Morgan fingerprint density at radius 2 is 1.60 bits per heavy atom. The van der Waals surface area contributed by atoms with Crippen LogP contribution in [0.25, 0.3) is 0 Å². The van der Waals surface area contributed by atoms with Gasteiger partial charge in [0.25, 0.3) is 0 Å². The van der Waals surface area contributed by atoms with Gasteiger partial charge >= 0.3 is 12.0 Å². The number of hydrogen-bond donors (Lipinski definition) is 3. The number of carbonyl (C=O) groups is 2. The third kappa shape index (κ3) is 6.60. The smallest absolute Gasteiger partial charge is 0.338 e. The number of allylic oxidation sites excluding steroid dienone is 1. The molecule has 186 valence electrons. The maximum atomic E-state index is 13.0. The number of carbonyl (C=O) groups excluding carboxylic acids is 2. The van der Waals surface area contributed by atoms with Gasteiger partial charge in [-0.1, -0.05) is 45.0 Å². The van der Waals surface area contributed by atoms with E-state index in [1.807, 2.05) is 69.0 Å². The molecule has 0 fully saturated rings. The van der Waals surface area contributed by atoms with Crippen LogP contribution in [0.2, 0.25) is 0 Å². The minimum absolute atomic E-state index is 0.235. The predicted octanol–water partition coefficient (Wildman–Crippen LogP) is 5.62. The zero-order valence-electron chi connectivity index (χ0n) is 21.0. The third-order valence-corrected chi connectivity index (χ3v) is 6.14. The molecule has 0 bridgehead atoms. The number of nitrogens with zero attached hydrogens (tertiary/aromatic N) is 1. The molecule has 2 amide bonds. The highest BCUT2D eigenvalue weighted by atomic mass is 32.1. The first-order valence-corrected chi connectivity index (χ1v) is 12.4. The van der Waals surface area contributed by atoms with E-state index in [4.69, 9.17) is 17.0 Å². The molecular weight excluding hydrogens is 460 g/mol. The summed E-state index contributed by atoms with van der Waals surface area (Å²) in [6, 6.07) is 14.3. The molecule has 3 rings (SSSR count). The minimum Gasteiger partial charge on any atom is -0.462 e. The van der Waals surface area contributed by atoms with Gasteiger partial charge in [0.2, 0.25) is 0 Å². The van der Waals surface area contributed by atoms with Crippen molar-refractivity contribution < 1.29 is 14.3 Å². The molecule has 8 heteroatoms. The summed E-state index contributed by atoms with van der Waals surface area (Å²) in [6.45, 7) is 11.0. The molecule has 0 aromatic heterocycles. The molecule has 1 atom stereocenters. The number of nitrogens with one attached hydrogen (secondary N) is 3. The Labute approximate surface area is 212 Å². The van der Waals surface area contributed by atoms with Gasteiger partial charge < -0.3 is 25.6 Å². The molecule has 1 heterocycles. The lowest BCUT2D eigenvalue weighted by molar-refractivity contribution is -0.140. The van der Waals surface area contributed by atoms with Gasteiger partial charge in [0.05, 0.1) is 18.2 Å². The van der Waals surface area contributed by atoms with Crippen molar-refractivity contribution in [2.24, 2.45) is 5.92 Å². The van der Waals surface area contributed by atoms with Crippen molar-refractivity contribution in [3.8, 4) is 0 Å². The Kier molecular flexibility index (Phi) is 8.87. The van der Waals surface area contributed by atoms with Gasteiger partial charge in [-0.25, -0.2) is 9.59 Å². The van der Waals surface area contributed by atoms with Crippen molar-refractivity contribution >= 4 is 40.7 Å². The highest BCUT2D eigenvalue weighted by Gasteiger charge is 2.34. The fraction of sp³-hybridized carbons (Fsp3) is 0.370. The molecule has 2 aromatic rings. The number of hydrogen-bond acceptors (Lipinski definition) is 4. The van der Waals surface area contributed by atoms with Crippen molar-refractivity contribution in [2.45, 2.75) is 47.1 Å². The van der Waals surface area contributed by atoms with Crippen LogP contribution in [0.1, 0.15) is 51.8 Å². The zero-order chi connectivity index (χ0) is 25.5. The van der Waals surface area contributed by atoms with E-state index < -0.39 is 6.04 Å². The Morgan fingerprint density at radius 1 is 1.03 bits per heavy atom. The van der Waals surface area contributed by atoms with Crippen LogP contribution in [-0.4, -0.2) is 35.2 Å². The molecule has 0 saturated heterocycles. The minimum atomic E-state index is -0.440. The SMILES string of the molecule is CCc1ccc(NC(=O)Nc2ccc(C3NC(=S)N(CC)C(C)=C3C(=O)OCC(C)C)cc2)cc1. The van der Waals surface area contributed by atoms with E-state index in [0.29, 0.717) is 29.5 Å².